The van der Waals surface area contributed by atoms with E-state index in [9.17, 15) is 10.1 Å². The minimum absolute atomic E-state index is 0.131. The molecule has 0 N–H and O–H groups in total. The van der Waals surface area contributed by atoms with E-state index >= 15 is 0 Å². The number of allylic oxidation sites excluding steroid dienone is 3. The van der Waals surface area contributed by atoms with Crippen LogP contribution in [-0.2, 0) is 4.79 Å². The van der Waals surface area contributed by atoms with Crippen LogP contribution in [0.25, 0.3) is 6.08 Å². The fraction of sp³-hybridized carbons (Fsp3) is 0.158. The van der Waals surface area contributed by atoms with Crippen molar-refractivity contribution in [3.8, 4) is 6.07 Å². The molecule has 0 saturated heterocycles. The molecular formula is C19H15ClN4O. The van der Waals surface area contributed by atoms with Crippen molar-refractivity contribution in [2.75, 3.05) is 19.0 Å². The first-order chi connectivity index (χ1) is 12.0. The molecule has 124 valence electrons. The number of amidine groups is 1. The van der Waals surface area contributed by atoms with E-state index in [-0.39, 0.29) is 17.3 Å². The summed E-state index contributed by atoms with van der Waals surface area (Å²) in [6.45, 7) is 0. The number of hydrogen-bond acceptors (Lipinski definition) is 4. The Kier molecular flexibility index (Phi) is 4.64. The third kappa shape index (κ3) is 3.59. The summed E-state index contributed by atoms with van der Waals surface area (Å²) in [6, 6.07) is 9.78. The molecule has 1 unspecified atom stereocenters. The summed E-state index contributed by atoms with van der Waals surface area (Å²) in [5, 5.41) is 9.95. The Labute approximate surface area is 151 Å². The number of carbonyl (C=O) groups is 1. The van der Waals surface area contributed by atoms with E-state index in [1.54, 1.807) is 24.3 Å². The van der Waals surface area contributed by atoms with Gasteiger partial charge in [0.1, 0.15) is 12.0 Å². The summed E-state index contributed by atoms with van der Waals surface area (Å²) in [5.74, 6) is -0.807. The summed E-state index contributed by atoms with van der Waals surface area (Å²) in [7, 11) is 3.91. The molecule has 1 aliphatic carbocycles. The van der Waals surface area contributed by atoms with Gasteiger partial charge in [0.25, 0.3) is 5.91 Å². The number of benzene rings is 1. The van der Waals surface area contributed by atoms with Gasteiger partial charge in [-0.2, -0.15) is 10.3 Å². The highest BCUT2D eigenvalue weighted by Crippen LogP contribution is 2.24. The van der Waals surface area contributed by atoms with Crippen molar-refractivity contribution in [1.82, 2.24) is 0 Å². The van der Waals surface area contributed by atoms with Crippen molar-refractivity contribution < 1.29 is 4.79 Å². The Hall–Kier alpha value is -2.97. The van der Waals surface area contributed by atoms with Gasteiger partial charge in [-0.25, -0.2) is 4.99 Å². The molecule has 1 amide bonds. The molecule has 0 radical (unpaired) electrons. The zero-order chi connectivity index (χ0) is 18.0. The number of anilines is 1. The van der Waals surface area contributed by atoms with Gasteiger partial charge in [-0.3, -0.25) is 4.79 Å². The van der Waals surface area contributed by atoms with Crippen molar-refractivity contribution >= 4 is 40.8 Å². The summed E-state index contributed by atoms with van der Waals surface area (Å²) < 4.78 is 0. The SMILES string of the molecule is CN(C)c1ccc(/C=C(\C#N)C2=NC(=O)C3C=C(Cl)C=CC3=N2)cc1. The van der Waals surface area contributed by atoms with Crippen LogP contribution in [0.15, 0.2) is 63.1 Å². The number of nitriles is 1. The van der Waals surface area contributed by atoms with Gasteiger partial charge in [-0.1, -0.05) is 23.7 Å². The first-order valence-corrected chi connectivity index (χ1v) is 8.02. The van der Waals surface area contributed by atoms with Crippen molar-refractivity contribution in [1.29, 1.82) is 5.26 Å². The second-order valence-corrected chi connectivity index (χ2v) is 6.27. The lowest BCUT2D eigenvalue weighted by molar-refractivity contribution is -0.118. The molecule has 3 rings (SSSR count). The van der Waals surface area contributed by atoms with E-state index in [2.05, 4.69) is 16.1 Å². The van der Waals surface area contributed by atoms with Crippen molar-refractivity contribution in [3.05, 3.63) is 58.7 Å². The fourth-order valence-corrected chi connectivity index (χ4v) is 2.69. The predicted molar refractivity (Wildman–Crippen MR) is 101 cm³/mol. The lowest BCUT2D eigenvalue weighted by Crippen LogP contribution is -2.27. The monoisotopic (exact) mass is 350 g/mol. The molecule has 0 aromatic heterocycles. The van der Waals surface area contributed by atoms with E-state index in [0.29, 0.717) is 10.7 Å². The second kappa shape index (κ2) is 6.88. The average Bonchev–Trinajstić information content (AvgIpc) is 2.60. The minimum atomic E-state index is -0.569. The number of hydrogen-bond donors (Lipinski definition) is 0. The Balaban J connectivity index is 1.93. The number of nitrogens with zero attached hydrogens (tertiary/aromatic N) is 4. The van der Waals surface area contributed by atoms with E-state index in [4.69, 9.17) is 11.6 Å². The van der Waals surface area contributed by atoms with Crippen molar-refractivity contribution in [3.63, 3.8) is 0 Å². The summed E-state index contributed by atoms with van der Waals surface area (Å²) in [4.78, 5) is 22.5. The first kappa shape index (κ1) is 16.9. The van der Waals surface area contributed by atoms with Crippen LogP contribution in [-0.4, -0.2) is 31.5 Å². The smallest absolute Gasteiger partial charge is 0.260 e. The number of halogens is 1. The van der Waals surface area contributed by atoms with Gasteiger partial charge in [0.2, 0.25) is 0 Å². The number of fused-ring (bicyclic) bond motifs is 1. The topological polar surface area (TPSA) is 68.8 Å². The maximum atomic E-state index is 12.2. The van der Waals surface area contributed by atoms with Gasteiger partial charge < -0.3 is 4.90 Å². The molecule has 0 spiro atoms. The number of aliphatic imine (C=N–C) groups is 2. The number of carbonyl (C=O) groups excluding carboxylic acids is 1. The number of amides is 1. The standard InChI is InChI=1S/C19H15ClN4O/c1-24(2)15-6-3-12(4-7-15)9-13(11-21)18-22-17-8-5-14(20)10-16(17)19(25)23-18/h3-10,16H,1-2H3/b13-9+. The van der Waals surface area contributed by atoms with Gasteiger partial charge >= 0.3 is 0 Å². The molecule has 1 heterocycles. The summed E-state index contributed by atoms with van der Waals surface area (Å²) >= 11 is 5.92. The zero-order valence-electron chi connectivity index (χ0n) is 13.8. The van der Waals surface area contributed by atoms with Crippen LogP contribution in [0.5, 0.6) is 0 Å². The van der Waals surface area contributed by atoms with Crippen LogP contribution in [0.3, 0.4) is 0 Å². The first-order valence-electron chi connectivity index (χ1n) is 7.64. The molecule has 1 atom stereocenters. The van der Waals surface area contributed by atoms with Crippen LogP contribution >= 0.6 is 11.6 Å². The lowest BCUT2D eigenvalue weighted by Gasteiger charge is -2.18. The quantitative estimate of drug-likeness (QED) is 0.785. The molecule has 1 aliphatic heterocycles. The van der Waals surface area contributed by atoms with Crippen LogP contribution in [0.4, 0.5) is 5.69 Å². The van der Waals surface area contributed by atoms with Gasteiger partial charge in [0.05, 0.1) is 11.3 Å². The van der Waals surface area contributed by atoms with Crippen molar-refractivity contribution in [2.45, 2.75) is 0 Å². The van der Waals surface area contributed by atoms with Gasteiger partial charge in [-0.15, -0.1) is 0 Å². The molecule has 0 bridgehead atoms. The van der Waals surface area contributed by atoms with E-state index in [0.717, 1.165) is 11.3 Å². The maximum absolute atomic E-state index is 12.2. The largest absolute Gasteiger partial charge is 0.378 e. The third-order valence-corrected chi connectivity index (χ3v) is 4.11. The maximum Gasteiger partial charge on any atom is 0.260 e. The minimum Gasteiger partial charge on any atom is -0.378 e. The van der Waals surface area contributed by atoms with E-state index < -0.39 is 5.92 Å². The van der Waals surface area contributed by atoms with Crippen LogP contribution in [0.2, 0.25) is 0 Å². The Bertz CT molecular complexity index is 912. The molecule has 1 aromatic rings. The Morgan fingerprint density at radius 3 is 2.60 bits per heavy atom. The van der Waals surface area contributed by atoms with Gasteiger partial charge in [0, 0.05) is 24.8 Å². The highest BCUT2D eigenvalue weighted by Gasteiger charge is 2.28. The van der Waals surface area contributed by atoms with Crippen LogP contribution in [0, 0.1) is 17.2 Å². The predicted octanol–water partition coefficient (Wildman–Crippen LogP) is 3.35. The fourth-order valence-electron chi connectivity index (χ4n) is 2.50. The second-order valence-electron chi connectivity index (χ2n) is 5.83. The Morgan fingerprint density at radius 2 is 1.96 bits per heavy atom. The zero-order valence-corrected chi connectivity index (χ0v) is 14.5. The molecule has 0 saturated carbocycles. The molecule has 6 heteroatoms. The van der Waals surface area contributed by atoms with Gasteiger partial charge in [-0.05, 0) is 42.0 Å². The number of rotatable bonds is 3. The summed E-state index contributed by atoms with van der Waals surface area (Å²) in [6.07, 6.45) is 6.63. The van der Waals surface area contributed by atoms with Crippen LogP contribution in [0.1, 0.15) is 5.56 Å². The van der Waals surface area contributed by atoms with E-state index in [1.807, 2.05) is 43.3 Å². The highest BCUT2D eigenvalue weighted by molar-refractivity contribution is 6.34. The van der Waals surface area contributed by atoms with Gasteiger partial charge in [0.15, 0.2) is 5.84 Å². The highest BCUT2D eigenvalue weighted by atomic mass is 35.5. The molecule has 5 nitrogen and oxygen atoms in total. The lowest BCUT2D eigenvalue weighted by atomic mass is 9.96. The molecular weight excluding hydrogens is 336 g/mol. The average molecular weight is 351 g/mol. The molecule has 2 aliphatic rings. The third-order valence-electron chi connectivity index (χ3n) is 3.86. The molecule has 1 aromatic carbocycles. The van der Waals surface area contributed by atoms with Crippen molar-refractivity contribution in [2.24, 2.45) is 15.9 Å². The van der Waals surface area contributed by atoms with Crippen LogP contribution < -0.4 is 4.90 Å². The summed E-state index contributed by atoms with van der Waals surface area (Å²) in [5.41, 5.74) is 2.68. The van der Waals surface area contributed by atoms with E-state index in [1.165, 1.54) is 0 Å². The molecule has 25 heavy (non-hydrogen) atoms. The Morgan fingerprint density at radius 1 is 1.24 bits per heavy atom. The molecule has 0 fully saturated rings. The normalized spacial score (nSPS) is 19.4.